The Labute approximate surface area is 109 Å². The molecule has 0 N–H and O–H groups in total. The average Bonchev–Trinajstić information content (AvgIpc) is 2.39. The molecule has 84 valence electrons. The summed E-state index contributed by atoms with van der Waals surface area (Å²) in [6.45, 7) is 0. The average molecular weight is 267 g/mol. The zero-order valence-corrected chi connectivity index (χ0v) is 11.3. The number of benzene rings is 1. The summed E-state index contributed by atoms with van der Waals surface area (Å²) in [5.74, 6) is 3.67. The van der Waals surface area contributed by atoms with E-state index in [1.165, 1.54) is 34.2 Å². The van der Waals surface area contributed by atoms with Crippen molar-refractivity contribution >= 4 is 46.0 Å². The standard InChI is InChI=1S/C12H13NS3/c1-2-5-10-9(4-1)8-16-11(13-10)12-14-6-3-7-15-12/h1-2,4-5,12H,3,6-8H2. The van der Waals surface area contributed by atoms with Crippen LogP contribution in [0.4, 0.5) is 5.69 Å². The van der Waals surface area contributed by atoms with Crippen molar-refractivity contribution in [1.82, 2.24) is 0 Å². The number of hydrogen-bond donors (Lipinski definition) is 0. The highest BCUT2D eigenvalue weighted by Gasteiger charge is 2.23. The van der Waals surface area contributed by atoms with Gasteiger partial charge in [-0.25, -0.2) is 4.99 Å². The van der Waals surface area contributed by atoms with Gasteiger partial charge in [0.25, 0.3) is 0 Å². The molecule has 2 aliphatic rings. The molecule has 2 aliphatic heterocycles. The van der Waals surface area contributed by atoms with Gasteiger partial charge in [-0.05, 0) is 29.6 Å². The van der Waals surface area contributed by atoms with Crippen LogP contribution in [0.3, 0.4) is 0 Å². The molecule has 1 aromatic carbocycles. The summed E-state index contributed by atoms with van der Waals surface area (Å²) in [5.41, 5.74) is 2.56. The second-order valence-electron chi connectivity index (χ2n) is 3.79. The summed E-state index contributed by atoms with van der Waals surface area (Å²) in [6, 6.07) is 8.50. The lowest BCUT2D eigenvalue weighted by Gasteiger charge is -2.24. The van der Waals surface area contributed by atoms with E-state index in [0.29, 0.717) is 4.58 Å². The third kappa shape index (κ3) is 2.29. The van der Waals surface area contributed by atoms with E-state index in [1.807, 2.05) is 11.8 Å². The lowest BCUT2D eigenvalue weighted by atomic mass is 10.2. The molecular weight excluding hydrogens is 254 g/mol. The molecule has 3 rings (SSSR count). The lowest BCUT2D eigenvalue weighted by molar-refractivity contribution is 1.11. The maximum Gasteiger partial charge on any atom is 0.0983 e. The predicted octanol–water partition coefficient (Wildman–Crippen LogP) is 4.16. The van der Waals surface area contributed by atoms with Gasteiger partial charge in [-0.15, -0.1) is 35.3 Å². The Hall–Kier alpha value is -0.0600. The molecule has 4 heteroatoms. The molecule has 1 fully saturated rings. The van der Waals surface area contributed by atoms with Crippen LogP contribution >= 0.6 is 35.3 Å². The monoisotopic (exact) mass is 267 g/mol. The molecule has 0 bridgehead atoms. The van der Waals surface area contributed by atoms with Gasteiger partial charge in [0.15, 0.2) is 0 Å². The Morgan fingerprint density at radius 3 is 2.81 bits per heavy atom. The molecule has 0 aromatic heterocycles. The van der Waals surface area contributed by atoms with Crippen molar-refractivity contribution in [3.05, 3.63) is 29.8 Å². The van der Waals surface area contributed by atoms with Crippen LogP contribution in [0.2, 0.25) is 0 Å². The number of thioether (sulfide) groups is 3. The van der Waals surface area contributed by atoms with Crippen LogP contribution < -0.4 is 0 Å². The number of para-hydroxylation sites is 1. The second-order valence-corrected chi connectivity index (χ2v) is 7.51. The van der Waals surface area contributed by atoms with E-state index in [1.54, 1.807) is 0 Å². The first-order valence-corrected chi connectivity index (χ1v) is 8.54. The van der Waals surface area contributed by atoms with Crippen molar-refractivity contribution in [2.45, 2.75) is 16.8 Å². The number of aliphatic imine (C=N–C) groups is 1. The van der Waals surface area contributed by atoms with Crippen LogP contribution in [0.5, 0.6) is 0 Å². The van der Waals surface area contributed by atoms with Gasteiger partial charge in [0.2, 0.25) is 0 Å². The Balaban J connectivity index is 1.85. The third-order valence-corrected chi connectivity index (χ3v) is 6.92. The van der Waals surface area contributed by atoms with Crippen molar-refractivity contribution in [3.63, 3.8) is 0 Å². The van der Waals surface area contributed by atoms with E-state index < -0.39 is 0 Å². The van der Waals surface area contributed by atoms with Gasteiger partial charge < -0.3 is 0 Å². The molecule has 0 atom stereocenters. The summed E-state index contributed by atoms with van der Waals surface area (Å²) < 4.78 is 0.590. The fourth-order valence-corrected chi connectivity index (χ4v) is 6.04. The molecule has 0 amide bonds. The van der Waals surface area contributed by atoms with Crippen molar-refractivity contribution in [2.24, 2.45) is 4.99 Å². The molecule has 0 aliphatic carbocycles. The van der Waals surface area contributed by atoms with Gasteiger partial charge in [0, 0.05) is 5.75 Å². The van der Waals surface area contributed by atoms with Crippen LogP contribution in [0.1, 0.15) is 12.0 Å². The van der Waals surface area contributed by atoms with Crippen molar-refractivity contribution < 1.29 is 0 Å². The van der Waals surface area contributed by atoms with Crippen LogP contribution in [0, 0.1) is 0 Å². The molecule has 1 nitrogen and oxygen atoms in total. The molecule has 1 saturated heterocycles. The SMILES string of the molecule is c1ccc2c(c1)CSC(C1SCCCS1)=N2. The van der Waals surface area contributed by atoms with Crippen molar-refractivity contribution in [3.8, 4) is 0 Å². The van der Waals surface area contributed by atoms with E-state index in [0.717, 1.165) is 5.75 Å². The highest BCUT2D eigenvalue weighted by atomic mass is 32.2. The van der Waals surface area contributed by atoms with Gasteiger partial charge in [-0.1, -0.05) is 18.2 Å². The van der Waals surface area contributed by atoms with Crippen LogP contribution in [-0.4, -0.2) is 21.1 Å². The van der Waals surface area contributed by atoms with Crippen molar-refractivity contribution in [2.75, 3.05) is 11.5 Å². The van der Waals surface area contributed by atoms with Crippen LogP contribution in [0.25, 0.3) is 0 Å². The summed E-state index contributed by atoms with van der Waals surface area (Å²) in [6.07, 6.45) is 1.35. The molecule has 0 unspecified atom stereocenters. The zero-order chi connectivity index (χ0) is 10.8. The third-order valence-electron chi connectivity index (χ3n) is 2.63. The summed E-state index contributed by atoms with van der Waals surface area (Å²) in [5, 5.41) is 1.33. The van der Waals surface area contributed by atoms with E-state index in [2.05, 4.69) is 47.8 Å². The largest absolute Gasteiger partial charge is 0.244 e. The van der Waals surface area contributed by atoms with Crippen LogP contribution in [-0.2, 0) is 5.75 Å². The maximum absolute atomic E-state index is 4.81. The van der Waals surface area contributed by atoms with E-state index in [-0.39, 0.29) is 0 Å². The number of fused-ring (bicyclic) bond motifs is 1. The first kappa shape index (κ1) is 11.1. The number of hydrogen-bond acceptors (Lipinski definition) is 4. The van der Waals surface area contributed by atoms with Gasteiger partial charge in [0.05, 0.1) is 15.3 Å². The summed E-state index contributed by atoms with van der Waals surface area (Å²) in [4.78, 5) is 4.81. The highest BCUT2D eigenvalue weighted by Crippen LogP contribution is 2.40. The second kappa shape index (κ2) is 5.07. The van der Waals surface area contributed by atoms with E-state index in [4.69, 9.17) is 4.99 Å². The summed E-state index contributed by atoms with van der Waals surface area (Å²) >= 11 is 6.03. The number of rotatable bonds is 1. The topological polar surface area (TPSA) is 12.4 Å². The van der Waals surface area contributed by atoms with E-state index in [9.17, 15) is 0 Å². The molecule has 16 heavy (non-hydrogen) atoms. The first-order valence-electron chi connectivity index (χ1n) is 5.46. The predicted molar refractivity (Wildman–Crippen MR) is 78.2 cm³/mol. The Bertz CT molecular complexity index is 410. The first-order chi connectivity index (χ1) is 7.93. The van der Waals surface area contributed by atoms with Crippen molar-refractivity contribution in [1.29, 1.82) is 0 Å². The Morgan fingerprint density at radius 2 is 1.94 bits per heavy atom. The normalized spacial score (nSPS) is 21.4. The van der Waals surface area contributed by atoms with Gasteiger partial charge in [-0.3, -0.25) is 0 Å². The minimum atomic E-state index is 0.590. The van der Waals surface area contributed by atoms with E-state index >= 15 is 0 Å². The lowest BCUT2D eigenvalue weighted by Crippen LogP contribution is -2.17. The zero-order valence-electron chi connectivity index (χ0n) is 8.89. The summed E-state index contributed by atoms with van der Waals surface area (Å²) in [7, 11) is 0. The quantitative estimate of drug-likeness (QED) is 0.758. The molecule has 0 radical (unpaired) electrons. The van der Waals surface area contributed by atoms with Gasteiger partial charge in [-0.2, -0.15) is 0 Å². The molecule has 1 aromatic rings. The Morgan fingerprint density at radius 1 is 1.12 bits per heavy atom. The minimum absolute atomic E-state index is 0.590. The van der Waals surface area contributed by atoms with Gasteiger partial charge in [0.1, 0.15) is 0 Å². The maximum atomic E-state index is 4.81. The number of nitrogens with zero attached hydrogens (tertiary/aromatic N) is 1. The molecular formula is C12H13NS3. The minimum Gasteiger partial charge on any atom is -0.244 e. The fraction of sp³-hybridized carbons (Fsp3) is 0.417. The smallest absolute Gasteiger partial charge is 0.0983 e. The van der Waals surface area contributed by atoms with Gasteiger partial charge >= 0.3 is 0 Å². The van der Waals surface area contributed by atoms with Crippen LogP contribution in [0.15, 0.2) is 29.3 Å². The molecule has 2 heterocycles. The Kier molecular flexibility index (Phi) is 3.50. The highest BCUT2D eigenvalue weighted by molar-refractivity contribution is 8.24. The molecule has 0 spiro atoms. The fourth-order valence-electron chi connectivity index (χ4n) is 1.80. The molecule has 0 saturated carbocycles.